The van der Waals surface area contributed by atoms with E-state index in [2.05, 4.69) is 17.3 Å². The maximum Gasteiger partial charge on any atom is 0.161 e. The predicted octanol–water partition coefficient (Wildman–Crippen LogP) is 1.21. The number of aromatic nitrogens is 2. The van der Waals surface area contributed by atoms with Crippen LogP contribution in [-0.4, -0.2) is 37.2 Å². The van der Waals surface area contributed by atoms with E-state index in [9.17, 15) is 0 Å². The van der Waals surface area contributed by atoms with Crippen molar-refractivity contribution in [3.05, 3.63) is 11.9 Å². The number of nitrogens with one attached hydrogen (secondary N) is 1. The van der Waals surface area contributed by atoms with E-state index in [0.717, 1.165) is 18.0 Å². The average molecular weight is 227 g/mol. The zero-order valence-electron chi connectivity index (χ0n) is 10.5. The molecule has 0 amide bonds. The summed E-state index contributed by atoms with van der Waals surface area (Å²) in [5.41, 5.74) is 1.04. The van der Waals surface area contributed by atoms with Gasteiger partial charge in [0.15, 0.2) is 5.75 Å². The molecule has 5 nitrogen and oxygen atoms in total. The van der Waals surface area contributed by atoms with Crippen molar-refractivity contribution in [3.63, 3.8) is 0 Å². The summed E-state index contributed by atoms with van der Waals surface area (Å²) in [6.45, 7) is 6.20. The molecule has 16 heavy (non-hydrogen) atoms. The molecule has 1 atom stereocenters. The first-order chi connectivity index (χ1) is 7.78. The molecule has 0 aromatic carbocycles. The van der Waals surface area contributed by atoms with Gasteiger partial charge in [0.2, 0.25) is 0 Å². The van der Waals surface area contributed by atoms with Gasteiger partial charge in [-0.15, -0.1) is 0 Å². The number of hydrogen-bond acceptors (Lipinski definition) is 4. The third kappa shape index (κ3) is 2.74. The number of rotatable bonds is 7. The molecule has 0 aliphatic heterocycles. The van der Waals surface area contributed by atoms with Crippen LogP contribution in [0, 0.1) is 0 Å². The zero-order chi connectivity index (χ0) is 12.0. The van der Waals surface area contributed by atoms with Crippen molar-refractivity contribution >= 4 is 0 Å². The summed E-state index contributed by atoms with van der Waals surface area (Å²) in [6, 6.07) is 0.109. The normalized spacial score (nSPS) is 12.8. The molecular weight excluding hydrogens is 206 g/mol. The van der Waals surface area contributed by atoms with E-state index in [1.54, 1.807) is 13.3 Å². The summed E-state index contributed by atoms with van der Waals surface area (Å²) < 4.78 is 12.7. The van der Waals surface area contributed by atoms with E-state index in [1.165, 1.54) is 0 Å². The Hall–Kier alpha value is -1.07. The Balaban J connectivity index is 2.91. The van der Waals surface area contributed by atoms with E-state index in [0.29, 0.717) is 13.2 Å². The monoisotopic (exact) mass is 227 g/mol. The molecule has 1 aromatic heterocycles. The average Bonchev–Trinajstić information content (AvgIpc) is 2.73. The summed E-state index contributed by atoms with van der Waals surface area (Å²) in [5.74, 6) is 0.806. The minimum absolute atomic E-state index is 0.109. The second-order valence-electron chi connectivity index (χ2n) is 3.41. The molecule has 0 aliphatic carbocycles. The number of ether oxygens (including phenoxy) is 2. The second-order valence-corrected chi connectivity index (χ2v) is 3.41. The minimum Gasteiger partial charge on any atom is -0.493 e. The van der Waals surface area contributed by atoms with Gasteiger partial charge in [-0.05, 0) is 20.9 Å². The smallest absolute Gasteiger partial charge is 0.161 e. The fourth-order valence-corrected chi connectivity index (χ4v) is 1.67. The van der Waals surface area contributed by atoms with Crippen LogP contribution in [-0.2, 0) is 11.3 Å². The minimum atomic E-state index is 0.109. The topological polar surface area (TPSA) is 48.3 Å². The van der Waals surface area contributed by atoms with Crippen LogP contribution in [0.2, 0.25) is 0 Å². The Morgan fingerprint density at radius 2 is 2.25 bits per heavy atom. The predicted molar refractivity (Wildman–Crippen MR) is 62.7 cm³/mol. The van der Waals surface area contributed by atoms with Crippen molar-refractivity contribution in [2.45, 2.75) is 26.4 Å². The molecule has 0 radical (unpaired) electrons. The summed E-state index contributed by atoms with van der Waals surface area (Å²) in [4.78, 5) is 0. The van der Waals surface area contributed by atoms with Gasteiger partial charge in [-0.25, -0.2) is 0 Å². The lowest BCUT2D eigenvalue weighted by Crippen LogP contribution is -2.25. The van der Waals surface area contributed by atoms with Crippen LogP contribution in [0.15, 0.2) is 6.20 Å². The van der Waals surface area contributed by atoms with Crippen LogP contribution in [0.4, 0.5) is 0 Å². The Bertz CT molecular complexity index is 291. The molecule has 0 saturated carbocycles. The molecule has 1 N–H and O–H groups in total. The molecule has 1 heterocycles. The van der Waals surface area contributed by atoms with Crippen LogP contribution in [0.5, 0.6) is 5.75 Å². The largest absolute Gasteiger partial charge is 0.493 e. The van der Waals surface area contributed by atoms with E-state index >= 15 is 0 Å². The van der Waals surface area contributed by atoms with Crippen LogP contribution < -0.4 is 10.1 Å². The fraction of sp³-hybridized carbons (Fsp3) is 0.727. The van der Waals surface area contributed by atoms with Crippen molar-refractivity contribution in [2.75, 3.05) is 27.4 Å². The molecule has 5 heteroatoms. The van der Waals surface area contributed by atoms with Gasteiger partial charge in [0.25, 0.3) is 0 Å². The summed E-state index contributed by atoms with van der Waals surface area (Å²) in [5, 5.41) is 7.50. The number of hydrogen-bond donors (Lipinski definition) is 1. The molecule has 0 saturated heterocycles. The third-order valence-electron chi connectivity index (χ3n) is 2.53. The van der Waals surface area contributed by atoms with Gasteiger partial charge in [-0.2, -0.15) is 5.10 Å². The molecule has 1 unspecified atom stereocenters. The van der Waals surface area contributed by atoms with Crippen molar-refractivity contribution in [2.24, 2.45) is 0 Å². The molecule has 0 fully saturated rings. The highest BCUT2D eigenvalue weighted by Gasteiger charge is 2.19. The van der Waals surface area contributed by atoms with Crippen LogP contribution in [0.25, 0.3) is 0 Å². The number of nitrogens with zero attached hydrogens (tertiary/aromatic N) is 2. The number of aryl methyl sites for hydroxylation is 1. The fourth-order valence-electron chi connectivity index (χ4n) is 1.67. The standard InChI is InChI=1S/C11H21N3O2/c1-5-14-11(10(15-4)7-13-14)9(12-3)8-16-6-2/h7,9,12H,5-6,8H2,1-4H3. The Morgan fingerprint density at radius 1 is 1.50 bits per heavy atom. The van der Waals surface area contributed by atoms with Crippen molar-refractivity contribution in [1.82, 2.24) is 15.1 Å². The quantitative estimate of drug-likeness (QED) is 0.760. The van der Waals surface area contributed by atoms with E-state index in [1.807, 2.05) is 18.7 Å². The lowest BCUT2D eigenvalue weighted by molar-refractivity contribution is 0.122. The summed E-state index contributed by atoms with van der Waals surface area (Å²) in [7, 11) is 3.57. The van der Waals surface area contributed by atoms with Gasteiger partial charge in [0.05, 0.1) is 31.6 Å². The van der Waals surface area contributed by atoms with E-state index < -0.39 is 0 Å². The van der Waals surface area contributed by atoms with E-state index in [-0.39, 0.29) is 6.04 Å². The molecule has 0 spiro atoms. The first-order valence-electron chi connectivity index (χ1n) is 5.63. The molecular formula is C11H21N3O2. The highest BCUT2D eigenvalue weighted by atomic mass is 16.5. The SMILES string of the molecule is CCOCC(NC)c1c(OC)cnn1CC. The van der Waals surface area contributed by atoms with Gasteiger partial charge < -0.3 is 14.8 Å². The Labute approximate surface area is 96.7 Å². The number of methoxy groups -OCH3 is 1. The molecule has 1 aromatic rings. The van der Waals surface area contributed by atoms with Crippen LogP contribution >= 0.6 is 0 Å². The maximum absolute atomic E-state index is 5.45. The lowest BCUT2D eigenvalue weighted by Gasteiger charge is -2.18. The third-order valence-corrected chi connectivity index (χ3v) is 2.53. The van der Waals surface area contributed by atoms with Gasteiger partial charge in [0.1, 0.15) is 0 Å². The Morgan fingerprint density at radius 3 is 2.75 bits per heavy atom. The lowest BCUT2D eigenvalue weighted by atomic mass is 10.2. The first-order valence-corrected chi connectivity index (χ1v) is 5.63. The highest BCUT2D eigenvalue weighted by molar-refractivity contribution is 5.28. The molecule has 0 bridgehead atoms. The van der Waals surface area contributed by atoms with Crippen molar-refractivity contribution < 1.29 is 9.47 Å². The van der Waals surface area contributed by atoms with Gasteiger partial charge in [-0.1, -0.05) is 0 Å². The summed E-state index contributed by atoms with van der Waals surface area (Å²) in [6.07, 6.45) is 1.75. The van der Waals surface area contributed by atoms with Crippen molar-refractivity contribution in [1.29, 1.82) is 0 Å². The van der Waals surface area contributed by atoms with Crippen LogP contribution in [0.3, 0.4) is 0 Å². The van der Waals surface area contributed by atoms with Crippen LogP contribution in [0.1, 0.15) is 25.6 Å². The van der Waals surface area contributed by atoms with Crippen molar-refractivity contribution in [3.8, 4) is 5.75 Å². The molecule has 1 rings (SSSR count). The second kappa shape index (κ2) is 6.50. The van der Waals surface area contributed by atoms with E-state index in [4.69, 9.17) is 9.47 Å². The van der Waals surface area contributed by atoms with Gasteiger partial charge in [0, 0.05) is 13.2 Å². The zero-order valence-corrected chi connectivity index (χ0v) is 10.5. The van der Waals surface area contributed by atoms with Gasteiger partial charge >= 0.3 is 0 Å². The molecule has 0 aliphatic rings. The molecule has 92 valence electrons. The first kappa shape index (κ1) is 13.0. The Kier molecular flexibility index (Phi) is 5.28. The maximum atomic E-state index is 5.45. The summed E-state index contributed by atoms with van der Waals surface area (Å²) >= 11 is 0. The number of likely N-dealkylation sites (N-methyl/N-ethyl adjacent to an activating group) is 1. The van der Waals surface area contributed by atoms with Gasteiger partial charge in [-0.3, -0.25) is 4.68 Å². The highest BCUT2D eigenvalue weighted by Crippen LogP contribution is 2.24.